The van der Waals surface area contributed by atoms with Gasteiger partial charge in [0.2, 0.25) is 5.91 Å². The third-order valence-electron chi connectivity index (χ3n) is 3.36. The van der Waals surface area contributed by atoms with Gasteiger partial charge >= 0.3 is 0 Å². The Kier molecular flexibility index (Phi) is 5.00. The molecule has 3 nitrogen and oxygen atoms in total. The van der Waals surface area contributed by atoms with Gasteiger partial charge in [-0.25, -0.2) is 8.78 Å². The lowest BCUT2D eigenvalue weighted by Gasteiger charge is -2.29. The van der Waals surface area contributed by atoms with Gasteiger partial charge in [-0.1, -0.05) is 19.9 Å². The summed E-state index contributed by atoms with van der Waals surface area (Å²) < 4.78 is 26.1. The lowest BCUT2D eigenvalue weighted by Crippen LogP contribution is -2.45. The Labute approximate surface area is 112 Å². The third-order valence-corrected chi connectivity index (χ3v) is 3.36. The van der Waals surface area contributed by atoms with E-state index in [1.807, 2.05) is 13.8 Å². The molecule has 1 rings (SSSR count). The van der Waals surface area contributed by atoms with Crippen LogP contribution in [-0.2, 0) is 4.79 Å². The predicted molar refractivity (Wildman–Crippen MR) is 70.4 cm³/mol. The minimum Gasteiger partial charge on any atom is -0.338 e. The first-order chi connectivity index (χ1) is 8.75. The molecule has 5 heteroatoms. The molecule has 0 aliphatic rings. The van der Waals surface area contributed by atoms with Crippen molar-refractivity contribution in [1.29, 1.82) is 0 Å². The summed E-state index contributed by atoms with van der Waals surface area (Å²) in [5.41, 5.74) is 6.34. The fraction of sp³-hybridized carbons (Fsp3) is 0.500. The number of rotatable bonds is 4. The number of nitrogens with zero attached hydrogens (tertiary/aromatic N) is 1. The molecule has 0 fully saturated rings. The summed E-state index contributed by atoms with van der Waals surface area (Å²) in [6.45, 7) is 5.47. The summed E-state index contributed by atoms with van der Waals surface area (Å²) in [6, 6.07) is 2.66. The van der Waals surface area contributed by atoms with Crippen LogP contribution in [0.15, 0.2) is 18.2 Å². The Morgan fingerprint density at radius 1 is 1.21 bits per heavy atom. The van der Waals surface area contributed by atoms with Crippen LogP contribution in [0, 0.1) is 17.6 Å². The lowest BCUT2D eigenvalue weighted by atomic mass is 10.0. The number of carbonyl (C=O) groups is 1. The first kappa shape index (κ1) is 15.6. The predicted octanol–water partition coefficient (Wildman–Crippen LogP) is 2.47. The van der Waals surface area contributed by atoms with Gasteiger partial charge in [-0.3, -0.25) is 4.79 Å². The van der Waals surface area contributed by atoms with E-state index >= 15 is 0 Å². The molecule has 0 saturated heterocycles. The highest BCUT2D eigenvalue weighted by molar-refractivity contribution is 5.82. The molecule has 1 aromatic rings. The van der Waals surface area contributed by atoms with Gasteiger partial charge < -0.3 is 10.6 Å². The van der Waals surface area contributed by atoms with Crippen molar-refractivity contribution >= 4 is 5.91 Å². The molecule has 1 aromatic carbocycles. The molecule has 2 unspecified atom stereocenters. The van der Waals surface area contributed by atoms with Crippen molar-refractivity contribution < 1.29 is 13.6 Å². The zero-order chi connectivity index (χ0) is 14.7. The molecule has 0 aliphatic heterocycles. The zero-order valence-corrected chi connectivity index (χ0v) is 11.7. The van der Waals surface area contributed by atoms with E-state index in [0.717, 1.165) is 12.1 Å². The van der Waals surface area contributed by atoms with Crippen molar-refractivity contribution in [2.75, 3.05) is 7.05 Å². The maximum absolute atomic E-state index is 13.2. The zero-order valence-electron chi connectivity index (χ0n) is 11.7. The van der Waals surface area contributed by atoms with E-state index in [1.54, 1.807) is 14.0 Å². The van der Waals surface area contributed by atoms with E-state index in [4.69, 9.17) is 5.73 Å². The second kappa shape index (κ2) is 6.10. The van der Waals surface area contributed by atoms with Gasteiger partial charge in [-0.2, -0.15) is 0 Å². The Bertz CT molecular complexity index is 463. The Morgan fingerprint density at radius 3 is 2.26 bits per heavy atom. The van der Waals surface area contributed by atoms with Crippen LogP contribution in [0.2, 0.25) is 0 Å². The summed E-state index contributed by atoms with van der Waals surface area (Å²) in [5, 5.41) is 0. The summed E-state index contributed by atoms with van der Waals surface area (Å²) in [6.07, 6.45) is 0. The Balaban J connectivity index is 2.90. The monoisotopic (exact) mass is 270 g/mol. The van der Waals surface area contributed by atoms with Crippen LogP contribution >= 0.6 is 0 Å². The summed E-state index contributed by atoms with van der Waals surface area (Å²) in [7, 11) is 1.61. The van der Waals surface area contributed by atoms with E-state index in [1.165, 1.54) is 11.0 Å². The summed E-state index contributed by atoms with van der Waals surface area (Å²) in [5.74, 6) is -2.01. The van der Waals surface area contributed by atoms with E-state index in [-0.39, 0.29) is 17.9 Å². The first-order valence-electron chi connectivity index (χ1n) is 6.23. The minimum atomic E-state index is -0.918. The average molecular weight is 270 g/mol. The number of benzene rings is 1. The van der Waals surface area contributed by atoms with E-state index in [9.17, 15) is 13.6 Å². The highest BCUT2D eigenvalue weighted by atomic mass is 19.2. The molecule has 0 radical (unpaired) electrons. The van der Waals surface area contributed by atoms with Crippen LogP contribution in [-0.4, -0.2) is 23.9 Å². The van der Waals surface area contributed by atoms with Crippen molar-refractivity contribution in [1.82, 2.24) is 4.90 Å². The normalized spacial score (nSPS) is 14.3. The highest BCUT2D eigenvalue weighted by Crippen LogP contribution is 2.22. The van der Waals surface area contributed by atoms with Gasteiger partial charge in [0.1, 0.15) is 0 Å². The number of halogens is 2. The van der Waals surface area contributed by atoms with Crippen LogP contribution in [0.25, 0.3) is 0 Å². The van der Waals surface area contributed by atoms with Crippen molar-refractivity contribution in [3.05, 3.63) is 35.4 Å². The fourth-order valence-electron chi connectivity index (χ4n) is 1.71. The number of nitrogens with two attached hydrogens (primary N) is 1. The van der Waals surface area contributed by atoms with E-state index in [0.29, 0.717) is 5.56 Å². The second-order valence-electron chi connectivity index (χ2n) is 5.07. The maximum atomic E-state index is 13.2. The van der Waals surface area contributed by atoms with Crippen molar-refractivity contribution in [3.63, 3.8) is 0 Å². The van der Waals surface area contributed by atoms with Gasteiger partial charge in [0, 0.05) is 7.05 Å². The van der Waals surface area contributed by atoms with Crippen molar-refractivity contribution in [2.45, 2.75) is 32.9 Å². The largest absolute Gasteiger partial charge is 0.338 e. The molecule has 0 saturated carbocycles. The first-order valence-corrected chi connectivity index (χ1v) is 6.23. The van der Waals surface area contributed by atoms with Gasteiger partial charge in [-0.05, 0) is 30.5 Å². The smallest absolute Gasteiger partial charge is 0.239 e. The summed E-state index contributed by atoms with van der Waals surface area (Å²) >= 11 is 0. The topological polar surface area (TPSA) is 46.3 Å². The van der Waals surface area contributed by atoms with Crippen LogP contribution in [0.5, 0.6) is 0 Å². The Hall–Kier alpha value is -1.49. The summed E-state index contributed by atoms with van der Waals surface area (Å²) in [4.78, 5) is 13.5. The number of amides is 1. The molecule has 0 heterocycles. The lowest BCUT2D eigenvalue weighted by molar-refractivity contribution is -0.134. The SMILES string of the molecule is CC(C)C(N)C(=O)N(C)C(C)c1ccc(F)c(F)c1. The number of hydrogen-bond acceptors (Lipinski definition) is 2. The Morgan fingerprint density at radius 2 is 1.79 bits per heavy atom. The molecule has 2 N–H and O–H groups in total. The molecule has 19 heavy (non-hydrogen) atoms. The molecular formula is C14H20F2N2O. The number of likely N-dealkylation sites (N-methyl/N-ethyl adjacent to an activating group) is 1. The molecule has 0 bridgehead atoms. The molecule has 0 aromatic heterocycles. The van der Waals surface area contributed by atoms with Crippen LogP contribution in [0.3, 0.4) is 0 Å². The highest BCUT2D eigenvalue weighted by Gasteiger charge is 2.25. The maximum Gasteiger partial charge on any atom is 0.239 e. The molecule has 0 aliphatic carbocycles. The average Bonchev–Trinajstić information content (AvgIpc) is 2.38. The van der Waals surface area contributed by atoms with Gasteiger partial charge in [0.15, 0.2) is 11.6 Å². The molecule has 106 valence electrons. The molecule has 1 amide bonds. The molecule has 2 atom stereocenters. The van der Waals surface area contributed by atoms with Crippen LogP contribution < -0.4 is 5.73 Å². The quantitative estimate of drug-likeness (QED) is 0.913. The number of carbonyl (C=O) groups excluding carboxylic acids is 1. The fourth-order valence-corrected chi connectivity index (χ4v) is 1.71. The standard InChI is InChI=1S/C14H20F2N2O/c1-8(2)13(17)14(19)18(4)9(3)10-5-6-11(15)12(16)7-10/h5-9,13H,17H2,1-4H3. The van der Waals surface area contributed by atoms with Crippen LogP contribution in [0.4, 0.5) is 8.78 Å². The number of hydrogen-bond donors (Lipinski definition) is 1. The van der Waals surface area contributed by atoms with Gasteiger partial charge in [0.25, 0.3) is 0 Å². The molecule has 0 spiro atoms. The minimum absolute atomic E-state index is 0.0205. The third kappa shape index (κ3) is 3.50. The second-order valence-corrected chi connectivity index (χ2v) is 5.07. The van der Waals surface area contributed by atoms with E-state index < -0.39 is 17.7 Å². The van der Waals surface area contributed by atoms with E-state index in [2.05, 4.69) is 0 Å². The van der Waals surface area contributed by atoms with Gasteiger partial charge in [0.05, 0.1) is 12.1 Å². The van der Waals surface area contributed by atoms with Gasteiger partial charge in [-0.15, -0.1) is 0 Å². The molecular weight excluding hydrogens is 250 g/mol. The van der Waals surface area contributed by atoms with Crippen molar-refractivity contribution in [2.24, 2.45) is 11.7 Å². The van der Waals surface area contributed by atoms with Crippen molar-refractivity contribution in [3.8, 4) is 0 Å². The van der Waals surface area contributed by atoms with Crippen LogP contribution in [0.1, 0.15) is 32.4 Å².